The molecule has 3 heterocycles. The fourth-order valence-electron chi connectivity index (χ4n) is 5.22. The van der Waals surface area contributed by atoms with Gasteiger partial charge in [-0.3, -0.25) is 4.98 Å². The van der Waals surface area contributed by atoms with Gasteiger partial charge in [0.2, 0.25) is 5.71 Å². The van der Waals surface area contributed by atoms with Gasteiger partial charge >= 0.3 is 0 Å². The van der Waals surface area contributed by atoms with Crippen LogP contribution in [0, 0.1) is 5.92 Å². The number of benzene rings is 2. The number of rotatable bonds is 4. The zero-order chi connectivity index (χ0) is 23.1. The molecule has 2 aromatic carbocycles. The Hall–Kier alpha value is -3.46. The Morgan fingerprint density at radius 2 is 1.70 bits per heavy atom. The van der Waals surface area contributed by atoms with Gasteiger partial charge in [0.05, 0.1) is 5.69 Å². The zero-order valence-electron chi connectivity index (χ0n) is 19.9. The topological polar surface area (TPSA) is 38.9 Å². The van der Waals surface area contributed by atoms with Crippen LogP contribution >= 0.6 is 0 Å². The largest absolute Gasteiger partial charge is 0.438 e. The molecule has 1 aliphatic carbocycles. The van der Waals surface area contributed by atoms with E-state index in [2.05, 4.69) is 59.4 Å². The second kappa shape index (κ2) is 8.47. The highest BCUT2D eigenvalue weighted by atomic mass is 16.3. The minimum absolute atomic E-state index is 0.397. The molecule has 1 unspecified atom stereocenters. The Kier molecular flexibility index (Phi) is 4.89. The van der Waals surface area contributed by atoms with Crippen molar-refractivity contribution in [3.05, 3.63) is 84.7 Å². The van der Waals surface area contributed by atoms with Crippen molar-refractivity contribution in [3.8, 4) is 22.4 Å². The molecule has 5 aromatic rings. The van der Waals surface area contributed by atoms with Crippen LogP contribution in [0.25, 0.3) is 44.5 Å². The van der Waals surface area contributed by atoms with Crippen LogP contribution in [0.15, 0.2) is 83.5 Å². The lowest BCUT2D eigenvalue weighted by Gasteiger charge is -2.28. The highest BCUT2D eigenvalue weighted by Gasteiger charge is 2.22. The van der Waals surface area contributed by atoms with Crippen LogP contribution in [0.2, 0.25) is 0 Å². The Bertz CT molecular complexity index is 1470. The van der Waals surface area contributed by atoms with Crippen molar-refractivity contribution >= 4 is 22.1 Å². The summed E-state index contributed by atoms with van der Waals surface area (Å²) in [6.45, 7) is 2.07. The maximum absolute atomic E-state index is 9.17. The lowest BCUT2D eigenvalue weighted by molar-refractivity contribution is 0.316. The number of fused-ring (bicyclic) bond motifs is 3. The van der Waals surface area contributed by atoms with E-state index in [0.717, 1.165) is 57.1 Å². The van der Waals surface area contributed by atoms with Crippen LogP contribution in [0.5, 0.6) is 0 Å². The van der Waals surface area contributed by atoms with Crippen molar-refractivity contribution in [2.45, 2.75) is 44.9 Å². The maximum atomic E-state index is 9.17. The van der Waals surface area contributed by atoms with Gasteiger partial charge in [0.1, 0.15) is 5.58 Å². The maximum Gasteiger partial charge on any atom is 0.227 e. The van der Waals surface area contributed by atoms with E-state index in [-0.39, 0.29) is 0 Å². The Labute approximate surface area is 195 Å². The van der Waals surface area contributed by atoms with E-state index in [1.807, 2.05) is 36.7 Å². The average Bonchev–Trinajstić information content (AvgIpc) is 3.27. The summed E-state index contributed by atoms with van der Waals surface area (Å²) >= 11 is 0. The summed E-state index contributed by atoms with van der Waals surface area (Å²) in [5.41, 5.74) is 6.59. The number of furan rings is 1. The van der Waals surface area contributed by atoms with Crippen molar-refractivity contribution in [2.75, 3.05) is 0 Å². The highest BCUT2D eigenvalue weighted by molar-refractivity contribution is 6.05. The molecule has 0 bridgehead atoms. The first-order valence-corrected chi connectivity index (χ1v) is 11.9. The van der Waals surface area contributed by atoms with Gasteiger partial charge in [-0.05, 0) is 71.7 Å². The smallest absolute Gasteiger partial charge is 0.227 e. The fourth-order valence-corrected chi connectivity index (χ4v) is 5.22. The minimum atomic E-state index is -0.605. The van der Waals surface area contributed by atoms with Gasteiger partial charge in [0.25, 0.3) is 0 Å². The molecule has 6 rings (SSSR count). The predicted molar refractivity (Wildman–Crippen MR) is 135 cm³/mol. The standard InChI is InChI=1S/C30H28N2O/c1-20(21-8-4-2-5-9-21)23-14-15-31-28(17-23)25-16-27-26-13-12-24(22-10-6-3-7-11-22)18-29(26)33-30(27)32-19-25/h3,6-7,10-21H,2,4-5,8-9H2,1H3/i20D. The number of aromatic nitrogens is 2. The second-order valence-corrected chi connectivity index (χ2v) is 9.20. The molecule has 1 saturated carbocycles. The summed E-state index contributed by atoms with van der Waals surface area (Å²) in [7, 11) is 0. The Balaban J connectivity index is 1.38. The van der Waals surface area contributed by atoms with Crippen LogP contribution in [0.4, 0.5) is 0 Å². The van der Waals surface area contributed by atoms with E-state index in [1.54, 1.807) is 0 Å². The third kappa shape index (κ3) is 3.82. The van der Waals surface area contributed by atoms with Crippen LogP contribution < -0.4 is 0 Å². The summed E-state index contributed by atoms with van der Waals surface area (Å²) in [4.78, 5) is 9.26. The highest BCUT2D eigenvalue weighted by Crippen LogP contribution is 2.37. The molecule has 0 aliphatic heterocycles. The molecule has 0 saturated heterocycles. The van der Waals surface area contributed by atoms with E-state index in [9.17, 15) is 0 Å². The van der Waals surface area contributed by atoms with E-state index >= 15 is 0 Å². The molecule has 1 fully saturated rings. The van der Waals surface area contributed by atoms with E-state index in [0.29, 0.717) is 11.6 Å². The molecule has 3 aromatic heterocycles. The SMILES string of the molecule is [2H]C(C)(c1ccnc(-c2cnc3oc4cc(-c5ccccc5)ccc4c3c2)c1)C1CCCCC1. The third-order valence-electron chi connectivity index (χ3n) is 7.17. The van der Waals surface area contributed by atoms with Gasteiger partial charge in [-0.15, -0.1) is 0 Å². The molecule has 3 heteroatoms. The van der Waals surface area contributed by atoms with Crippen molar-refractivity contribution in [1.29, 1.82) is 0 Å². The first-order chi connectivity index (χ1) is 16.6. The van der Waals surface area contributed by atoms with Crippen molar-refractivity contribution < 1.29 is 5.79 Å². The Morgan fingerprint density at radius 1 is 0.848 bits per heavy atom. The molecule has 3 nitrogen and oxygen atoms in total. The van der Waals surface area contributed by atoms with Gasteiger partial charge < -0.3 is 4.42 Å². The number of pyridine rings is 2. The van der Waals surface area contributed by atoms with Gasteiger partial charge in [-0.2, -0.15) is 0 Å². The van der Waals surface area contributed by atoms with Crippen LogP contribution in [0.3, 0.4) is 0 Å². The zero-order valence-corrected chi connectivity index (χ0v) is 18.9. The number of hydrogen-bond acceptors (Lipinski definition) is 3. The van der Waals surface area contributed by atoms with Gasteiger partial charge in [0.15, 0.2) is 0 Å². The summed E-state index contributed by atoms with van der Waals surface area (Å²) in [5.74, 6) is -0.208. The normalized spacial score (nSPS) is 17.2. The van der Waals surface area contributed by atoms with Crippen LogP contribution in [0.1, 0.15) is 51.9 Å². The minimum Gasteiger partial charge on any atom is -0.438 e. The van der Waals surface area contributed by atoms with Crippen LogP contribution in [-0.2, 0) is 0 Å². The number of hydrogen-bond donors (Lipinski definition) is 0. The van der Waals surface area contributed by atoms with Crippen LogP contribution in [-0.4, -0.2) is 9.97 Å². The van der Waals surface area contributed by atoms with Crippen molar-refractivity contribution in [2.24, 2.45) is 5.92 Å². The predicted octanol–water partition coefficient (Wildman–Crippen LogP) is 8.39. The second-order valence-electron chi connectivity index (χ2n) is 9.20. The molecule has 1 atom stereocenters. The van der Waals surface area contributed by atoms with Gasteiger partial charge in [-0.25, -0.2) is 4.98 Å². The molecule has 33 heavy (non-hydrogen) atoms. The molecule has 0 radical (unpaired) electrons. The van der Waals surface area contributed by atoms with Crippen molar-refractivity contribution in [1.82, 2.24) is 9.97 Å². The fraction of sp³-hybridized carbons (Fsp3) is 0.267. The molecule has 164 valence electrons. The van der Waals surface area contributed by atoms with Gasteiger partial charge in [-0.1, -0.05) is 62.6 Å². The summed E-state index contributed by atoms with van der Waals surface area (Å²) in [6.07, 6.45) is 9.70. The molecule has 0 N–H and O–H groups in total. The molecular weight excluding hydrogens is 404 g/mol. The average molecular weight is 434 g/mol. The third-order valence-corrected chi connectivity index (χ3v) is 7.17. The summed E-state index contributed by atoms with van der Waals surface area (Å²) < 4.78 is 15.3. The lowest BCUT2D eigenvalue weighted by atomic mass is 9.78. The van der Waals surface area contributed by atoms with E-state index in [1.165, 1.54) is 19.3 Å². The van der Waals surface area contributed by atoms with E-state index < -0.39 is 5.89 Å². The monoisotopic (exact) mass is 433 g/mol. The number of nitrogens with zero attached hydrogens (tertiary/aromatic N) is 2. The molecule has 0 spiro atoms. The lowest BCUT2D eigenvalue weighted by Crippen LogP contribution is -2.14. The van der Waals surface area contributed by atoms with E-state index in [4.69, 9.17) is 5.79 Å². The first kappa shape index (κ1) is 19.0. The van der Waals surface area contributed by atoms with Gasteiger partial charge in [0, 0.05) is 30.1 Å². The molecule has 0 amide bonds. The summed E-state index contributed by atoms with van der Waals surface area (Å²) in [5, 5.41) is 2.04. The quantitative estimate of drug-likeness (QED) is 0.286. The Morgan fingerprint density at radius 3 is 2.55 bits per heavy atom. The first-order valence-electron chi connectivity index (χ1n) is 12.4. The molecule has 1 aliphatic rings. The van der Waals surface area contributed by atoms with Crippen molar-refractivity contribution in [3.63, 3.8) is 0 Å². The summed E-state index contributed by atoms with van der Waals surface area (Å²) in [6, 6.07) is 22.9. The molecular formula is C30H28N2O.